The topological polar surface area (TPSA) is 32.3 Å². The minimum atomic E-state index is 0.0115. The second-order valence-corrected chi connectivity index (χ2v) is 5.73. The van der Waals surface area contributed by atoms with Crippen molar-refractivity contribution in [2.45, 2.75) is 25.2 Å². The molecule has 2 aliphatic heterocycles. The van der Waals surface area contributed by atoms with Crippen LogP contribution >= 0.6 is 0 Å². The standard InChI is InChI=1S/C14H19BN2O/c1-10-6-9-17-13(18)11-4-2-3-5-12(11)16-8-7-14(10,17)15/h2-5,10,16H,6-9,15H2,1H3. The number of anilines is 1. The molecule has 3 nitrogen and oxygen atoms in total. The average molecular weight is 242 g/mol. The van der Waals surface area contributed by atoms with Gasteiger partial charge < -0.3 is 10.2 Å². The number of carbonyl (C=O) groups excluding carboxylic acids is 1. The van der Waals surface area contributed by atoms with Gasteiger partial charge >= 0.3 is 0 Å². The van der Waals surface area contributed by atoms with Crippen molar-refractivity contribution >= 4 is 19.4 Å². The van der Waals surface area contributed by atoms with Gasteiger partial charge in [0, 0.05) is 24.2 Å². The zero-order chi connectivity index (χ0) is 12.8. The lowest BCUT2D eigenvalue weighted by Gasteiger charge is -2.41. The van der Waals surface area contributed by atoms with Crippen molar-refractivity contribution in [3.8, 4) is 0 Å². The molecule has 1 amide bonds. The number of nitrogens with zero attached hydrogens (tertiary/aromatic N) is 1. The van der Waals surface area contributed by atoms with Crippen molar-refractivity contribution < 1.29 is 4.79 Å². The van der Waals surface area contributed by atoms with E-state index in [1.54, 1.807) is 0 Å². The molecule has 1 fully saturated rings. The third kappa shape index (κ3) is 1.55. The number of hydrogen-bond acceptors (Lipinski definition) is 2. The molecule has 0 saturated carbocycles. The molecule has 1 saturated heterocycles. The van der Waals surface area contributed by atoms with Gasteiger partial charge in [0.2, 0.25) is 0 Å². The summed E-state index contributed by atoms with van der Waals surface area (Å²) in [5.74, 6) is 0.762. The minimum Gasteiger partial charge on any atom is -0.384 e. The predicted molar refractivity (Wildman–Crippen MR) is 75.6 cm³/mol. The molecular weight excluding hydrogens is 223 g/mol. The Morgan fingerprint density at radius 2 is 2.22 bits per heavy atom. The Hall–Kier alpha value is -1.45. The zero-order valence-electron chi connectivity index (χ0n) is 11.1. The number of nitrogens with one attached hydrogen (secondary N) is 1. The number of rotatable bonds is 0. The highest BCUT2D eigenvalue weighted by atomic mass is 16.2. The van der Waals surface area contributed by atoms with E-state index in [1.807, 2.05) is 24.3 Å². The maximum Gasteiger partial charge on any atom is 0.255 e. The van der Waals surface area contributed by atoms with Gasteiger partial charge in [0.25, 0.3) is 5.91 Å². The van der Waals surface area contributed by atoms with E-state index in [0.717, 1.165) is 37.2 Å². The second kappa shape index (κ2) is 4.04. The van der Waals surface area contributed by atoms with E-state index in [0.29, 0.717) is 5.92 Å². The van der Waals surface area contributed by atoms with Gasteiger partial charge in [-0.2, -0.15) is 0 Å². The molecule has 94 valence electrons. The van der Waals surface area contributed by atoms with Crippen LogP contribution in [-0.2, 0) is 0 Å². The summed E-state index contributed by atoms with van der Waals surface area (Å²) in [6.45, 7) is 4.09. The van der Waals surface area contributed by atoms with Crippen molar-refractivity contribution in [2.75, 3.05) is 18.4 Å². The first-order valence-electron chi connectivity index (χ1n) is 6.78. The van der Waals surface area contributed by atoms with Crippen molar-refractivity contribution in [3.63, 3.8) is 0 Å². The highest BCUT2D eigenvalue weighted by Gasteiger charge is 2.45. The number of hydrogen-bond donors (Lipinski definition) is 1. The molecule has 2 atom stereocenters. The summed E-state index contributed by atoms with van der Waals surface area (Å²) in [5, 5.41) is 3.41. The summed E-state index contributed by atoms with van der Waals surface area (Å²) >= 11 is 0. The second-order valence-electron chi connectivity index (χ2n) is 5.73. The van der Waals surface area contributed by atoms with E-state index in [1.165, 1.54) is 0 Å². The van der Waals surface area contributed by atoms with Crippen molar-refractivity contribution in [1.29, 1.82) is 0 Å². The third-order valence-corrected chi connectivity index (χ3v) is 4.81. The van der Waals surface area contributed by atoms with Gasteiger partial charge in [0.05, 0.1) is 5.56 Å². The quantitative estimate of drug-likeness (QED) is 0.696. The first-order chi connectivity index (χ1) is 8.63. The van der Waals surface area contributed by atoms with E-state index in [4.69, 9.17) is 0 Å². The third-order valence-electron chi connectivity index (χ3n) is 4.81. The lowest BCUT2D eigenvalue weighted by molar-refractivity contribution is 0.0667. The fourth-order valence-corrected chi connectivity index (χ4v) is 3.29. The summed E-state index contributed by atoms with van der Waals surface area (Å²) in [6.07, 6.45) is 2.14. The van der Waals surface area contributed by atoms with Gasteiger partial charge in [-0.15, -0.1) is 0 Å². The summed E-state index contributed by atoms with van der Waals surface area (Å²) in [4.78, 5) is 14.8. The van der Waals surface area contributed by atoms with E-state index in [2.05, 4.69) is 25.0 Å². The molecular formula is C14H19BN2O. The van der Waals surface area contributed by atoms with Gasteiger partial charge in [0.1, 0.15) is 7.85 Å². The van der Waals surface area contributed by atoms with Crippen LogP contribution in [0.4, 0.5) is 5.69 Å². The van der Waals surface area contributed by atoms with Crippen LogP contribution in [0.5, 0.6) is 0 Å². The summed E-state index contributed by atoms with van der Waals surface area (Å²) in [6, 6.07) is 7.85. The Morgan fingerprint density at radius 3 is 3.06 bits per heavy atom. The molecule has 0 bridgehead atoms. The van der Waals surface area contributed by atoms with Gasteiger partial charge in [-0.25, -0.2) is 0 Å². The Balaban J connectivity index is 2.05. The Bertz CT molecular complexity index is 490. The van der Waals surface area contributed by atoms with Gasteiger partial charge in [-0.05, 0) is 30.9 Å². The first-order valence-corrected chi connectivity index (χ1v) is 6.78. The predicted octanol–water partition coefficient (Wildman–Crippen LogP) is 1.31. The fraction of sp³-hybridized carbons (Fsp3) is 0.500. The van der Waals surface area contributed by atoms with Gasteiger partial charge in [-0.3, -0.25) is 4.79 Å². The maximum absolute atomic E-state index is 12.7. The molecule has 1 aromatic carbocycles. The highest BCUT2D eigenvalue weighted by molar-refractivity contribution is 6.18. The fourth-order valence-electron chi connectivity index (χ4n) is 3.29. The molecule has 0 radical (unpaired) electrons. The number of benzene rings is 1. The molecule has 2 unspecified atom stereocenters. The Labute approximate surface area is 109 Å². The molecule has 18 heavy (non-hydrogen) atoms. The van der Waals surface area contributed by atoms with Crippen LogP contribution in [0.1, 0.15) is 30.1 Å². The number of carbonyl (C=O) groups is 1. The molecule has 3 rings (SSSR count). The summed E-state index contributed by atoms with van der Waals surface area (Å²) in [5.41, 5.74) is 1.80. The number of amides is 1. The van der Waals surface area contributed by atoms with E-state index >= 15 is 0 Å². The lowest BCUT2D eigenvalue weighted by Crippen LogP contribution is -2.52. The SMILES string of the molecule is BC12CCNc3ccccc3C(=O)N1CCC2C. The van der Waals surface area contributed by atoms with Crippen molar-refractivity contribution in [2.24, 2.45) is 5.92 Å². The molecule has 0 spiro atoms. The Morgan fingerprint density at radius 1 is 1.44 bits per heavy atom. The average Bonchev–Trinajstić information content (AvgIpc) is 2.64. The maximum atomic E-state index is 12.7. The largest absolute Gasteiger partial charge is 0.384 e. The molecule has 2 heterocycles. The van der Waals surface area contributed by atoms with Crippen LogP contribution in [0, 0.1) is 5.92 Å². The van der Waals surface area contributed by atoms with E-state index in [9.17, 15) is 4.79 Å². The number of para-hydroxylation sites is 1. The molecule has 0 aliphatic carbocycles. The van der Waals surface area contributed by atoms with Gasteiger partial charge in [-0.1, -0.05) is 19.1 Å². The smallest absolute Gasteiger partial charge is 0.255 e. The van der Waals surface area contributed by atoms with Crippen LogP contribution in [0.3, 0.4) is 0 Å². The molecule has 0 aromatic heterocycles. The van der Waals surface area contributed by atoms with E-state index < -0.39 is 0 Å². The molecule has 4 heteroatoms. The monoisotopic (exact) mass is 242 g/mol. The van der Waals surface area contributed by atoms with Crippen LogP contribution in [0.2, 0.25) is 0 Å². The Kier molecular flexibility index (Phi) is 2.61. The highest BCUT2D eigenvalue weighted by Crippen LogP contribution is 2.38. The summed E-state index contributed by atoms with van der Waals surface area (Å²) < 4.78 is 0. The van der Waals surface area contributed by atoms with Crippen molar-refractivity contribution in [3.05, 3.63) is 29.8 Å². The zero-order valence-corrected chi connectivity index (χ0v) is 11.1. The van der Waals surface area contributed by atoms with Crippen LogP contribution in [0.15, 0.2) is 24.3 Å². The molecule has 1 aromatic rings. The van der Waals surface area contributed by atoms with Crippen LogP contribution in [-0.4, -0.2) is 37.2 Å². The first kappa shape index (κ1) is 11.6. The van der Waals surface area contributed by atoms with Crippen molar-refractivity contribution in [1.82, 2.24) is 4.90 Å². The van der Waals surface area contributed by atoms with Gasteiger partial charge in [0.15, 0.2) is 0 Å². The lowest BCUT2D eigenvalue weighted by atomic mass is 9.66. The van der Waals surface area contributed by atoms with Crippen LogP contribution in [0.25, 0.3) is 0 Å². The number of fused-ring (bicyclic) bond motifs is 2. The van der Waals surface area contributed by atoms with E-state index in [-0.39, 0.29) is 11.3 Å². The summed E-state index contributed by atoms with van der Waals surface area (Å²) in [7, 11) is 2.23. The van der Waals surface area contributed by atoms with Crippen LogP contribution < -0.4 is 5.32 Å². The molecule has 1 N–H and O–H groups in total. The molecule has 2 aliphatic rings. The normalized spacial score (nSPS) is 31.1. The minimum absolute atomic E-state index is 0.0115.